The highest BCUT2D eigenvalue weighted by Crippen LogP contribution is 2.38. The van der Waals surface area contributed by atoms with Crippen molar-refractivity contribution in [3.63, 3.8) is 0 Å². The minimum atomic E-state index is -0.400. The first-order chi connectivity index (χ1) is 15.0. The summed E-state index contributed by atoms with van der Waals surface area (Å²) < 4.78 is 6.62. The number of carbonyl (C=O) groups excluding carboxylic acids is 2. The van der Waals surface area contributed by atoms with Crippen molar-refractivity contribution in [3.05, 3.63) is 45.6 Å². The van der Waals surface area contributed by atoms with Crippen molar-refractivity contribution < 1.29 is 14.3 Å². The highest BCUT2D eigenvalue weighted by Gasteiger charge is 2.26. The zero-order valence-electron chi connectivity index (χ0n) is 17.7. The van der Waals surface area contributed by atoms with Crippen molar-refractivity contribution in [2.24, 2.45) is 0 Å². The Balaban J connectivity index is 1.48. The molecule has 2 heterocycles. The lowest BCUT2D eigenvalue weighted by atomic mass is 9.95. The zero-order chi connectivity index (χ0) is 22.0. The lowest BCUT2D eigenvalue weighted by molar-refractivity contribution is -0.114. The number of hydrogen-bond acceptors (Lipinski definition) is 8. The summed E-state index contributed by atoms with van der Waals surface area (Å²) in [5, 5.41) is 18.2. The van der Waals surface area contributed by atoms with Crippen molar-refractivity contribution in [2.45, 2.75) is 39.5 Å². The molecule has 1 aliphatic rings. The standard InChI is InChI=1S/C21H24N6O3S/c1-12-8-9-14(10-16(12)27-13(2)24-25-26-27)22-11-18(28)23-20-19(21(29)30-3)15-6-4-5-7-17(15)31-20/h8-10,22H,4-7,11H2,1-3H3,(H,23,28). The van der Waals surface area contributed by atoms with Gasteiger partial charge in [-0.05, 0) is 73.2 Å². The maximum absolute atomic E-state index is 12.6. The van der Waals surface area contributed by atoms with Gasteiger partial charge >= 0.3 is 5.97 Å². The summed E-state index contributed by atoms with van der Waals surface area (Å²) in [5.41, 5.74) is 4.14. The Kier molecular flexibility index (Phi) is 5.99. The number of rotatable bonds is 6. The van der Waals surface area contributed by atoms with Crippen molar-refractivity contribution in [1.29, 1.82) is 0 Å². The van der Waals surface area contributed by atoms with Crippen LogP contribution in [0.3, 0.4) is 0 Å². The molecule has 2 N–H and O–H groups in total. The number of amides is 1. The van der Waals surface area contributed by atoms with Gasteiger partial charge in [-0.1, -0.05) is 6.07 Å². The highest BCUT2D eigenvalue weighted by atomic mass is 32.1. The third-order valence-electron chi connectivity index (χ3n) is 5.33. The molecule has 1 aromatic carbocycles. The van der Waals surface area contributed by atoms with Crippen LogP contribution in [0.25, 0.3) is 5.69 Å². The number of thiophene rings is 1. The van der Waals surface area contributed by atoms with Crippen molar-refractivity contribution in [3.8, 4) is 5.69 Å². The number of ether oxygens (including phenoxy) is 1. The summed E-state index contributed by atoms with van der Waals surface area (Å²) in [5.74, 6) is 0.0436. The molecule has 0 saturated heterocycles. The van der Waals surface area contributed by atoms with E-state index in [4.69, 9.17) is 4.74 Å². The van der Waals surface area contributed by atoms with E-state index >= 15 is 0 Å². The number of benzene rings is 1. The Hall–Kier alpha value is -3.27. The van der Waals surface area contributed by atoms with Crippen molar-refractivity contribution in [1.82, 2.24) is 20.2 Å². The van der Waals surface area contributed by atoms with Crippen LogP contribution in [0.15, 0.2) is 18.2 Å². The van der Waals surface area contributed by atoms with Gasteiger partial charge in [0, 0.05) is 10.6 Å². The van der Waals surface area contributed by atoms with Crippen LogP contribution in [0.4, 0.5) is 10.7 Å². The predicted octanol–water partition coefficient (Wildman–Crippen LogP) is 3.06. The average molecular weight is 441 g/mol. The number of hydrogen-bond donors (Lipinski definition) is 2. The van der Waals surface area contributed by atoms with E-state index < -0.39 is 5.97 Å². The van der Waals surface area contributed by atoms with Gasteiger partial charge in [-0.25, -0.2) is 4.79 Å². The van der Waals surface area contributed by atoms with Crippen LogP contribution in [0.1, 0.15) is 45.0 Å². The monoisotopic (exact) mass is 440 g/mol. The Morgan fingerprint density at radius 1 is 1.23 bits per heavy atom. The van der Waals surface area contributed by atoms with E-state index in [0.29, 0.717) is 16.4 Å². The maximum atomic E-state index is 12.6. The topological polar surface area (TPSA) is 111 Å². The number of nitrogens with zero attached hydrogens (tertiary/aromatic N) is 4. The SMILES string of the molecule is COC(=O)c1c(NC(=O)CNc2ccc(C)c(-n3nnnc3C)c2)sc2c1CCCC2. The number of aryl methyl sites for hydroxylation is 3. The first kappa shape index (κ1) is 21.0. The Bertz CT molecular complexity index is 1140. The molecule has 31 heavy (non-hydrogen) atoms. The average Bonchev–Trinajstić information content (AvgIpc) is 3.35. The Morgan fingerprint density at radius 3 is 2.77 bits per heavy atom. The van der Waals surface area contributed by atoms with Gasteiger partial charge in [-0.2, -0.15) is 4.68 Å². The fourth-order valence-electron chi connectivity index (χ4n) is 3.73. The molecule has 4 rings (SSSR count). The molecular weight excluding hydrogens is 416 g/mol. The van der Waals surface area contributed by atoms with E-state index in [2.05, 4.69) is 26.2 Å². The van der Waals surface area contributed by atoms with Crippen LogP contribution in [-0.2, 0) is 22.4 Å². The summed E-state index contributed by atoms with van der Waals surface area (Å²) in [4.78, 5) is 26.1. The quantitative estimate of drug-likeness (QED) is 0.567. The van der Waals surface area contributed by atoms with Crippen LogP contribution < -0.4 is 10.6 Å². The number of fused-ring (bicyclic) bond motifs is 1. The second-order valence-corrected chi connectivity index (χ2v) is 8.55. The molecule has 0 saturated carbocycles. The number of methoxy groups -OCH3 is 1. The van der Waals surface area contributed by atoms with E-state index in [9.17, 15) is 9.59 Å². The van der Waals surface area contributed by atoms with Gasteiger partial charge in [-0.3, -0.25) is 4.79 Å². The maximum Gasteiger partial charge on any atom is 0.341 e. The second-order valence-electron chi connectivity index (χ2n) is 7.45. The second kappa shape index (κ2) is 8.84. The number of tetrazole rings is 1. The fraction of sp³-hybridized carbons (Fsp3) is 0.381. The number of carbonyl (C=O) groups is 2. The lowest BCUT2D eigenvalue weighted by Gasteiger charge is -2.12. The van der Waals surface area contributed by atoms with Crippen LogP contribution in [-0.4, -0.2) is 45.7 Å². The molecule has 0 spiro atoms. The predicted molar refractivity (Wildman–Crippen MR) is 118 cm³/mol. The van der Waals surface area contributed by atoms with Gasteiger partial charge in [-0.15, -0.1) is 16.4 Å². The molecule has 0 radical (unpaired) electrons. The molecule has 0 bridgehead atoms. The first-order valence-electron chi connectivity index (χ1n) is 10.1. The summed E-state index contributed by atoms with van der Waals surface area (Å²) in [6.45, 7) is 3.85. The van der Waals surface area contributed by atoms with Gasteiger partial charge in [0.15, 0.2) is 5.82 Å². The van der Waals surface area contributed by atoms with Crippen molar-refractivity contribution in [2.75, 3.05) is 24.3 Å². The fourth-order valence-corrected chi connectivity index (χ4v) is 5.02. The Morgan fingerprint density at radius 2 is 2.03 bits per heavy atom. The molecule has 1 aliphatic carbocycles. The number of nitrogens with one attached hydrogen (secondary N) is 2. The Labute approximate surface area is 183 Å². The minimum absolute atomic E-state index is 0.0558. The molecule has 2 aromatic heterocycles. The molecule has 0 atom stereocenters. The molecular formula is C21H24N6O3S. The smallest absolute Gasteiger partial charge is 0.341 e. The number of esters is 1. The number of aromatic nitrogens is 4. The van der Waals surface area contributed by atoms with E-state index in [-0.39, 0.29) is 12.5 Å². The minimum Gasteiger partial charge on any atom is -0.465 e. The van der Waals surface area contributed by atoms with Crippen molar-refractivity contribution >= 4 is 33.9 Å². The zero-order valence-corrected chi connectivity index (χ0v) is 18.5. The van der Waals surface area contributed by atoms with Crippen LogP contribution in [0.2, 0.25) is 0 Å². The van der Waals surface area contributed by atoms with Crippen LogP contribution in [0, 0.1) is 13.8 Å². The van der Waals surface area contributed by atoms with E-state index in [1.54, 1.807) is 4.68 Å². The summed E-state index contributed by atoms with van der Waals surface area (Å²) in [6, 6.07) is 5.74. The van der Waals surface area contributed by atoms with E-state index in [1.165, 1.54) is 18.4 Å². The molecule has 0 aliphatic heterocycles. The third kappa shape index (κ3) is 4.29. The van der Waals surface area contributed by atoms with Gasteiger partial charge in [0.25, 0.3) is 0 Å². The normalized spacial score (nSPS) is 12.9. The third-order valence-corrected chi connectivity index (χ3v) is 6.54. The molecule has 162 valence electrons. The summed E-state index contributed by atoms with van der Waals surface area (Å²) >= 11 is 1.47. The largest absolute Gasteiger partial charge is 0.465 e. The van der Waals surface area contributed by atoms with Crippen LogP contribution >= 0.6 is 11.3 Å². The lowest BCUT2D eigenvalue weighted by Crippen LogP contribution is -2.22. The van der Waals surface area contributed by atoms with Gasteiger partial charge < -0.3 is 15.4 Å². The van der Waals surface area contributed by atoms with E-state index in [0.717, 1.165) is 53.1 Å². The molecule has 9 nitrogen and oxygen atoms in total. The first-order valence-corrected chi connectivity index (χ1v) is 10.9. The van der Waals surface area contributed by atoms with Gasteiger partial charge in [0.1, 0.15) is 5.00 Å². The van der Waals surface area contributed by atoms with Gasteiger partial charge in [0.05, 0.1) is 24.9 Å². The number of anilines is 2. The van der Waals surface area contributed by atoms with Crippen LogP contribution in [0.5, 0.6) is 0 Å². The molecule has 10 heteroatoms. The molecule has 0 unspecified atom stereocenters. The summed E-state index contributed by atoms with van der Waals surface area (Å²) in [6.07, 6.45) is 3.91. The van der Waals surface area contributed by atoms with E-state index in [1.807, 2.05) is 32.0 Å². The molecule has 0 fully saturated rings. The molecule has 3 aromatic rings. The molecule has 1 amide bonds. The summed E-state index contributed by atoms with van der Waals surface area (Å²) in [7, 11) is 1.36. The van der Waals surface area contributed by atoms with Gasteiger partial charge in [0.2, 0.25) is 5.91 Å². The highest BCUT2D eigenvalue weighted by molar-refractivity contribution is 7.17.